The van der Waals surface area contributed by atoms with Gasteiger partial charge in [0.05, 0.1) is 0 Å². The average Bonchev–Trinajstić information content (AvgIpc) is 3.11. The highest BCUT2D eigenvalue weighted by molar-refractivity contribution is 6.32. The molecule has 0 bridgehead atoms. The summed E-state index contributed by atoms with van der Waals surface area (Å²) in [6, 6.07) is 15.6. The van der Waals surface area contributed by atoms with Crippen molar-refractivity contribution in [2.24, 2.45) is 0 Å². The monoisotopic (exact) mass is 370 g/mol. The summed E-state index contributed by atoms with van der Waals surface area (Å²) in [7, 11) is 0. The minimum absolute atomic E-state index is 0.00203. The van der Waals surface area contributed by atoms with Crippen LogP contribution in [0, 0.1) is 0 Å². The Morgan fingerprint density at radius 3 is 2.35 bits per heavy atom. The largest absolute Gasteiger partial charge is 0.403 e. The molecule has 2 N–H and O–H groups in total. The number of benzene rings is 2. The Balaban J connectivity index is 1.65. The standard InChI is InChI=1S/C18H15ClN4O3/c1-11(19)15(24)20-14-9-7-12(8-10-14)16(25)21-18-23-22-17(26-18)13-5-3-2-4-6-13/h2-11H,1H3,(H,20,24)(H,21,23,25)/t11-/m1/s1. The van der Waals surface area contributed by atoms with Crippen molar-refractivity contribution in [1.82, 2.24) is 10.2 Å². The molecule has 0 fully saturated rings. The highest BCUT2D eigenvalue weighted by Crippen LogP contribution is 2.19. The van der Waals surface area contributed by atoms with Crippen molar-refractivity contribution >= 4 is 35.1 Å². The second-order valence-corrected chi connectivity index (χ2v) is 6.07. The van der Waals surface area contributed by atoms with Crippen LogP contribution >= 0.6 is 11.6 Å². The van der Waals surface area contributed by atoms with E-state index in [0.29, 0.717) is 17.1 Å². The van der Waals surface area contributed by atoms with Gasteiger partial charge in [-0.1, -0.05) is 23.3 Å². The molecule has 0 aliphatic heterocycles. The van der Waals surface area contributed by atoms with Crippen molar-refractivity contribution in [2.45, 2.75) is 12.3 Å². The summed E-state index contributed by atoms with van der Waals surface area (Å²) >= 11 is 5.70. The van der Waals surface area contributed by atoms with E-state index in [4.69, 9.17) is 16.0 Å². The minimum atomic E-state index is -0.644. The predicted octanol–water partition coefficient (Wildman–Crippen LogP) is 3.55. The van der Waals surface area contributed by atoms with Crippen LogP contribution in [0.3, 0.4) is 0 Å². The lowest BCUT2D eigenvalue weighted by Gasteiger charge is -2.07. The van der Waals surface area contributed by atoms with E-state index >= 15 is 0 Å². The summed E-state index contributed by atoms with van der Waals surface area (Å²) in [4.78, 5) is 23.8. The van der Waals surface area contributed by atoms with Gasteiger partial charge in [-0.05, 0) is 43.3 Å². The van der Waals surface area contributed by atoms with Crippen LogP contribution in [0.15, 0.2) is 59.0 Å². The molecule has 3 rings (SSSR count). The molecule has 0 aliphatic carbocycles. The summed E-state index contributed by atoms with van der Waals surface area (Å²) in [6.07, 6.45) is 0. The van der Waals surface area contributed by atoms with Crippen LogP contribution in [-0.4, -0.2) is 27.4 Å². The molecule has 0 unspecified atom stereocenters. The van der Waals surface area contributed by atoms with Crippen molar-refractivity contribution in [3.8, 4) is 11.5 Å². The van der Waals surface area contributed by atoms with E-state index in [0.717, 1.165) is 5.56 Å². The second kappa shape index (κ2) is 7.79. The lowest BCUT2D eigenvalue weighted by atomic mass is 10.2. The first-order chi connectivity index (χ1) is 12.5. The number of rotatable bonds is 5. The first kappa shape index (κ1) is 17.6. The third kappa shape index (κ3) is 4.25. The number of nitrogens with zero attached hydrogens (tertiary/aromatic N) is 2. The zero-order valence-corrected chi connectivity index (χ0v) is 14.5. The first-order valence-electron chi connectivity index (χ1n) is 7.78. The van der Waals surface area contributed by atoms with Gasteiger partial charge in [0.25, 0.3) is 5.91 Å². The Hall–Kier alpha value is -3.19. The van der Waals surface area contributed by atoms with Gasteiger partial charge >= 0.3 is 6.01 Å². The van der Waals surface area contributed by atoms with Crippen LogP contribution in [0.5, 0.6) is 0 Å². The maximum absolute atomic E-state index is 12.3. The Morgan fingerprint density at radius 1 is 1.00 bits per heavy atom. The van der Waals surface area contributed by atoms with Gasteiger partial charge in [0.1, 0.15) is 5.38 Å². The Morgan fingerprint density at radius 2 is 1.69 bits per heavy atom. The quantitative estimate of drug-likeness (QED) is 0.669. The zero-order chi connectivity index (χ0) is 18.5. The van der Waals surface area contributed by atoms with Gasteiger partial charge in [-0.25, -0.2) is 0 Å². The molecular weight excluding hydrogens is 356 g/mol. The van der Waals surface area contributed by atoms with Gasteiger partial charge in [0.15, 0.2) is 0 Å². The summed E-state index contributed by atoms with van der Waals surface area (Å²) in [5, 5.41) is 12.2. The fourth-order valence-corrected chi connectivity index (χ4v) is 2.14. The summed E-state index contributed by atoms with van der Waals surface area (Å²) in [5.41, 5.74) is 1.68. The Labute approximate surface area is 154 Å². The maximum atomic E-state index is 12.3. The van der Waals surface area contributed by atoms with Gasteiger partial charge in [-0.3, -0.25) is 14.9 Å². The smallest absolute Gasteiger partial charge is 0.322 e. The number of amides is 2. The highest BCUT2D eigenvalue weighted by Gasteiger charge is 2.13. The fraction of sp³-hybridized carbons (Fsp3) is 0.111. The minimum Gasteiger partial charge on any atom is -0.403 e. The second-order valence-electron chi connectivity index (χ2n) is 5.42. The lowest BCUT2D eigenvalue weighted by Crippen LogP contribution is -2.20. The van der Waals surface area contributed by atoms with Crippen molar-refractivity contribution in [3.63, 3.8) is 0 Å². The molecule has 2 amide bonds. The third-order valence-corrected chi connectivity index (χ3v) is 3.64. The van der Waals surface area contributed by atoms with Crippen LogP contribution in [0.2, 0.25) is 0 Å². The van der Waals surface area contributed by atoms with Crippen LogP contribution in [0.4, 0.5) is 11.7 Å². The van der Waals surface area contributed by atoms with Crippen LogP contribution in [-0.2, 0) is 4.79 Å². The summed E-state index contributed by atoms with van der Waals surface area (Å²) < 4.78 is 5.44. The number of nitrogens with one attached hydrogen (secondary N) is 2. The van der Waals surface area contributed by atoms with Gasteiger partial charge in [0.2, 0.25) is 11.8 Å². The van der Waals surface area contributed by atoms with E-state index in [1.807, 2.05) is 30.3 Å². The number of hydrogen-bond acceptors (Lipinski definition) is 5. The molecule has 1 heterocycles. The van der Waals surface area contributed by atoms with Crippen molar-refractivity contribution in [2.75, 3.05) is 10.6 Å². The molecule has 2 aromatic carbocycles. The molecule has 0 spiro atoms. The molecule has 1 atom stereocenters. The third-order valence-electron chi connectivity index (χ3n) is 3.44. The lowest BCUT2D eigenvalue weighted by molar-refractivity contribution is -0.115. The number of carbonyl (C=O) groups is 2. The van der Waals surface area contributed by atoms with Crippen molar-refractivity contribution < 1.29 is 14.0 Å². The molecule has 26 heavy (non-hydrogen) atoms. The zero-order valence-electron chi connectivity index (χ0n) is 13.8. The van der Waals surface area contributed by atoms with Crippen LogP contribution < -0.4 is 10.6 Å². The average molecular weight is 371 g/mol. The molecule has 8 heteroatoms. The number of halogens is 1. The van der Waals surface area contributed by atoms with E-state index < -0.39 is 11.3 Å². The first-order valence-corrected chi connectivity index (χ1v) is 8.22. The normalized spacial score (nSPS) is 11.6. The van der Waals surface area contributed by atoms with Crippen LogP contribution in [0.25, 0.3) is 11.5 Å². The van der Waals surface area contributed by atoms with E-state index in [1.54, 1.807) is 31.2 Å². The number of aromatic nitrogens is 2. The summed E-state index contributed by atoms with van der Waals surface area (Å²) in [6.45, 7) is 1.58. The number of alkyl halides is 1. The highest BCUT2D eigenvalue weighted by atomic mass is 35.5. The molecule has 0 saturated heterocycles. The Bertz CT molecular complexity index is 908. The molecule has 3 aromatic rings. The maximum Gasteiger partial charge on any atom is 0.322 e. The van der Waals surface area contributed by atoms with E-state index in [1.165, 1.54) is 0 Å². The number of hydrogen-bond donors (Lipinski definition) is 2. The van der Waals surface area contributed by atoms with E-state index in [9.17, 15) is 9.59 Å². The number of anilines is 2. The van der Waals surface area contributed by atoms with E-state index in [-0.39, 0.29) is 11.9 Å². The summed E-state index contributed by atoms with van der Waals surface area (Å²) in [5.74, 6) is -0.408. The molecule has 0 saturated carbocycles. The predicted molar refractivity (Wildman–Crippen MR) is 98.1 cm³/mol. The fourth-order valence-electron chi connectivity index (χ4n) is 2.09. The molecular formula is C18H15ClN4O3. The molecule has 7 nitrogen and oxygen atoms in total. The molecule has 1 aromatic heterocycles. The molecule has 0 aliphatic rings. The number of carbonyl (C=O) groups excluding carboxylic acids is 2. The van der Waals surface area contributed by atoms with Gasteiger partial charge < -0.3 is 9.73 Å². The Kier molecular flexibility index (Phi) is 5.28. The molecule has 0 radical (unpaired) electrons. The van der Waals surface area contributed by atoms with Gasteiger partial charge in [-0.2, -0.15) is 0 Å². The SMILES string of the molecule is C[C@@H](Cl)C(=O)Nc1ccc(C(=O)Nc2nnc(-c3ccccc3)o2)cc1. The van der Waals surface area contributed by atoms with E-state index in [2.05, 4.69) is 20.8 Å². The van der Waals surface area contributed by atoms with Gasteiger partial charge in [-0.15, -0.1) is 16.7 Å². The van der Waals surface area contributed by atoms with Crippen molar-refractivity contribution in [1.29, 1.82) is 0 Å². The topological polar surface area (TPSA) is 97.1 Å². The van der Waals surface area contributed by atoms with Crippen LogP contribution in [0.1, 0.15) is 17.3 Å². The molecule has 132 valence electrons. The van der Waals surface area contributed by atoms with Crippen molar-refractivity contribution in [3.05, 3.63) is 60.2 Å². The van der Waals surface area contributed by atoms with Gasteiger partial charge in [0, 0.05) is 16.8 Å².